The van der Waals surface area contributed by atoms with Crippen LogP contribution >= 0.6 is 0 Å². The largest absolute Gasteiger partial charge is 0.399 e. The second kappa shape index (κ2) is 4.98. The van der Waals surface area contributed by atoms with Crippen molar-refractivity contribution in [3.8, 4) is 0 Å². The van der Waals surface area contributed by atoms with E-state index in [1.165, 1.54) is 6.07 Å². The molecular formula is C13H19FN2O3S. The second-order valence-electron chi connectivity index (χ2n) is 5.68. The fourth-order valence-corrected chi connectivity index (χ4v) is 3.95. The van der Waals surface area contributed by atoms with Crippen molar-refractivity contribution in [1.82, 2.24) is 4.72 Å². The summed E-state index contributed by atoms with van der Waals surface area (Å²) in [5.74, 6) is -0.673. The summed E-state index contributed by atoms with van der Waals surface area (Å²) in [5.41, 5.74) is 5.25. The minimum Gasteiger partial charge on any atom is -0.399 e. The molecule has 0 radical (unpaired) electrons. The van der Waals surface area contributed by atoms with E-state index in [0.717, 1.165) is 12.1 Å². The molecule has 0 aliphatic heterocycles. The minimum atomic E-state index is -3.79. The van der Waals surface area contributed by atoms with Gasteiger partial charge in [-0.3, -0.25) is 0 Å². The molecule has 3 N–H and O–H groups in total. The van der Waals surface area contributed by atoms with Gasteiger partial charge in [0.15, 0.2) is 0 Å². The number of nitrogens with two attached hydrogens (primary N) is 1. The van der Waals surface area contributed by atoms with Crippen molar-refractivity contribution in [2.45, 2.75) is 37.3 Å². The Morgan fingerprint density at radius 2 is 2.05 bits per heavy atom. The zero-order valence-electron chi connectivity index (χ0n) is 11.7. The predicted octanol–water partition coefficient (Wildman–Crippen LogP) is 1.50. The van der Waals surface area contributed by atoms with Gasteiger partial charge in [-0.05, 0) is 24.6 Å². The van der Waals surface area contributed by atoms with Gasteiger partial charge in [-0.1, -0.05) is 13.8 Å². The molecule has 0 amide bonds. The Morgan fingerprint density at radius 1 is 1.40 bits per heavy atom. The molecule has 2 rings (SSSR count). The van der Waals surface area contributed by atoms with E-state index >= 15 is 0 Å². The molecule has 1 aromatic rings. The maximum absolute atomic E-state index is 13.3. The average molecular weight is 302 g/mol. The van der Waals surface area contributed by atoms with Gasteiger partial charge >= 0.3 is 0 Å². The fraction of sp³-hybridized carbons (Fsp3) is 0.538. The predicted molar refractivity (Wildman–Crippen MR) is 74.1 cm³/mol. The molecular weight excluding hydrogens is 283 g/mol. The Kier molecular flexibility index (Phi) is 3.79. The van der Waals surface area contributed by atoms with E-state index in [0.29, 0.717) is 6.42 Å². The summed E-state index contributed by atoms with van der Waals surface area (Å²) in [6.07, 6.45) is 0.598. The number of rotatable bonds is 4. The summed E-state index contributed by atoms with van der Waals surface area (Å²) < 4.78 is 45.6. The molecule has 1 aliphatic rings. The lowest BCUT2D eigenvalue weighted by molar-refractivity contribution is -0.0908. The summed E-state index contributed by atoms with van der Waals surface area (Å²) in [4.78, 5) is -0.160. The molecule has 1 saturated carbocycles. The average Bonchev–Trinajstić information content (AvgIpc) is 2.32. The third-order valence-corrected chi connectivity index (χ3v) is 5.41. The zero-order chi connectivity index (χ0) is 15.1. The lowest BCUT2D eigenvalue weighted by Crippen LogP contribution is -2.61. The van der Waals surface area contributed by atoms with Crippen LogP contribution in [0.15, 0.2) is 23.1 Å². The maximum atomic E-state index is 13.3. The molecule has 5 nitrogen and oxygen atoms in total. The summed E-state index contributed by atoms with van der Waals surface area (Å²) in [6.45, 7) is 3.86. The number of sulfonamides is 1. The first kappa shape index (κ1) is 15.2. The molecule has 0 bridgehead atoms. The van der Waals surface area contributed by atoms with E-state index in [-0.39, 0.29) is 28.1 Å². The van der Waals surface area contributed by atoms with Crippen LogP contribution in [0.25, 0.3) is 0 Å². The molecule has 2 unspecified atom stereocenters. The van der Waals surface area contributed by atoms with Gasteiger partial charge in [0.05, 0.1) is 11.0 Å². The first-order valence-electron chi connectivity index (χ1n) is 6.28. The normalized spacial score (nSPS) is 25.2. The molecule has 7 heteroatoms. The number of nitrogen functional groups attached to an aromatic ring is 1. The van der Waals surface area contributed by atoms with Crippen LogP contribution in [0.1, 0.15) is 20.3 Å². The lowest BCUT2D eigenvalue weighted by atomic mass is 9.65. The molecule has 0 heterocycles. The number of anilines is 1. The van der Waals surface area contributed by atoms with Gasteiger partial charge in [0.1, 0.15) is 5.82 Å². The highest BCUT2D eigenvalue weighted by Gasteiger charge is 2.50. The topological polar surface area (TPSA) is 81.4 Å². The van der Waals surface area contributed by atoms with Crippen molar-refractivity contribution in [2.75, 3.05) is 12.8 Å². The van der Waals surface area contributed by atoms with Gasteiger partial charge in [-0.15, -0.1) is 0 Å². The van der Waals surface area contributed by atoms with Gasteiger partial charge in [0, 0.05) is 24.3 Å². The van der Waals surface area contributed by atoms with E-state index in [1.54, 1.807) is 7.11 Å². The number of ether oxygens (including phenoxy) is 1. The minimum absolute atomic E-state index is 0.00720. The fourth-order valence-electron chi connectivity index (χ4n) is 2.48. The van der Waals surface area contributed by atoms with Crippen molar-refractivity contribution in [1.29, 1.82) is 0 Å². The number of hydrogen-bond donors (Lipinski definition) is 2. The molecule has 2 atom stereocenters. The number of halogens is 1. The van der Waals surface area contributed by atoms with Crippen LogP contribution in [0, 0.1) is 11.2 Å². The highest BCUT2D eigenvalue weighted by Crippen LogP contribution is 2.43. The molecule has 0 spiro atoms. The first-order valence-corrected chi connectivity index (χ1v) is 7.76. The van der Waals surface area contributed by atoms with E-state index in [2.05, 4.69) is 4.72 Å². The summed E-state index contributed by atoms with van der Waals surface area (Å²) in [5, 5.41) is 0. The standard InChI is InChI=1S/C13H19FN2O3S/c1-13(2)11(7-12(13)19-3)16-20(17,18)10-5-8(14)4-9(15)6-10/h4-6,11-12,16H,7,15H2,1-3H3. The van der Waals surface area contributed by atoms with Gasteiger partial charge in [-0.2, -0.15) is 0 Å². The Morgan fingerprint density at radius 3 is 2.55 bits per heavy atom. The van der Waals surface area contributed by atoms with Gasteiger partial charge in [-0.25, -0.2) is 17.5 Å². The molecule has 1 fully saturated rings. The van der Waals surface area contributed by atoms with Crippen LogP contribution in [-0.4, -0.2) is 27.7 Å². The smallest absolute Gasteiger partial charge is 0.241 e. The van der Waals surface area contributed by atoms with Crippen molar-refractivity contribution < 1.29 is 17.5 Å². The number of benzene rings is 1. The van der Waals surface area contributed by atoms with Gasteiger partial charge in [0.2, 0.25) is 10.0 Å². The second-order valence-corrected chi connectivity index (χ2v) is 7.39. The monoisotopic (exact) mass is 302 g/mol. The summed E-state index contributed by atoms with van der Waals surface area (Å²) >= 11 is 0. The third-order valence-electron chi connectivity index (χ3n) is 3.96. The number of nitrogens with one attached hydrogen (secondary N) is 1. The highest BCUT2D eigenvalue weighted by atomic mass is 32.2. The third kappa shape index (κ3) is 2.65. The van der Waals surface area contributed by atoms with Crippen molar-refractivity contribution in [3.05, 3.63) is 24.0 Å². The Balaban J connectivity index is 2.21. The van der Waals surface area contributed by atoms with Crippen LogP contribution in [-0.2, 0) is 14.8 Å². The molecule has 1 aliphatic carbocycles. The lowest BCUT2D eigenvalue weighted by Gasteiger charge is -2.50. The first-order chi connectivity index (χ1) is 9.16. The molecule has 1 aromatic carbocycles. The van der Waals surface area contributed by atoms with E-state index in [4.69, 9.17) is 10.5 Å². The van der Waals surface area contributed by atoms with E-state index < -0.39 is 15.8 Å². The zero-order valence-corrected chi connectivity index (χ0v) is 12.5. The van der Waals surface area contributed by atoms with Crippen LogP contribution in [0.5, 0.6) is 0 Å². The molecule has 0 saturated heterocycles. The van der Waals surface area contributed by atoms with Crippen LogP contribution in [0.4, 0.5) is 10.1 Å². The molecule has 112 valence electrons. The number of hydrogen-bond acceptors (Lipinski definition) is 4. The van der Waals surface area contributed by atoms with E-state index in [9.17, 15) is 12.8 Å². The van der Waals surface area contributed by atoms with Crippen LogP contribution in [0.3, 0.4) is 0 Å². The highest BCUT2D eigenvalue weighted by molar-refractivity contribution is 7.89. The van der Waals surface area contributed by atoms with Crippen molar-refractivity contribution >= 4 is 15.7 Å². The Bertz CT molecular complexity index is 596. The molecule has 0 aromatic heterocycles. The van der Waals surface area contributed by atoms with Crippen molar-refractivity contribution in [2.24, 2.45) is 5.41 Å². The summed E-state index contributed by atoms with van der Waals surface area (Å²) in [7, 11) is -2.19. The Hall–Kier alpha value is -1.18. The van der Waals surface area contributed by atoms with Gasteiger partial charge < -0.3 is 10.5 Å². The van der Waals surface area contributed by atoms with Gasteiger partial charge in [0.25, 0.3) is 0 Å². The number of methoxy groups -OCH3 is 1. The Labute approximate surface area is 118 Å². The van der Waals surface area contributed by atoms with Crippen molar-refractivity contribution in [3.63, 3.8) is 0 Å². The van der Waals surface area contributed by atoms with Crippen LogP contribution in [0.2, 0.25) is 0 Å². The quantitative estimate of drug-likeness (QED) is 0.826. The molecule has 20 heavy (non-hydrogen) atoms. The maximum Gasteiger partial charge on any atom is 0.241 e. The van der Waals surface area contributed by atoms with Crippen LogP contribution < -0.4 is 10.5 Å². The SMILES string of the molecule is COC1CC(NS(=O)(=O)c2cc(N)cc(F)c2)C1(C)C. The summed E-state index contributed by atoms with van der Waals surface area (Å²) in [6, 6.07) is 3.03. The van der Waals surface area contributed by atoms with E-state index in [1.807, 2.05) is 13.8 Å².